The van der Waals surface area contributed by atoms with Crippen molar-refractivity contribution in [3.8, 4) is 5.75 Å². The van der Waals surface area contributed by atoms with Crippen LogP contribution in [0.3, 0.4) is 0 Å². The summed E-state index contributed by atoms with van der Waals surface area (Å²) in [6, 6.07) is 3.74. The number of hydrogen-bond acceptors (Lipinski definition) is 3. The molecule has 106 valence electrons. The monoisotopic (exact) mass is 264 g/mol. The van der Waals surface area contributed by atoms with Gasteiger partial charge in [0.1, 0.15) is 5.75 Å². The van der Waals surface area contributed by atoms with Crippen molar-refractivity contribution in [2.45, 2.75) is 52.4 Å². The number of hydrogen-bond donors (Lipinski definition) is 3. The third kappa shape index (κ3) is 3.26. The zero-order valence-corrected chi connectivity index (χ0v) is 12.2. The molecule has 0 aromatic heterocycles. The number of hydrazine groups is 1. The number of nitrogen functional groups attached to an aromatic ring is 1. The second kappa shape index (κ2) is 6.57. The van der Waals surface area contributed by atoms with Gasteiger partial charge in [-0.1, -0.05) is 33.8 Å². The number of carbonyl (C=O) groups is 1. The van der Waals surface area contributed by atoms with E-state index in [0.29, 0.717) is 5.92 Å². The van der Waals surface area contributed by atoms with Crippen LogP contribution in [0.15, 0.2) is 12.1 Å². The highest BCUT2D eigenvalue weighted by Gasteiger charge is 2.20. The van der Waals surface area contributed by atoms with E-state index < -0.39 is 5.91 Å². The highest BCUT2D eigenvalue weighted by atomic mass is 16.3. The topological polar surface area (TPSA) is 75.4 Å². The van der Waals surface area contributed by atoms with Crippen LogP contribution in [0.5, 0.6) is 5.75 Å². The number of nitrogens with one attached hydrogen (secondary N) is 1. The molecule has 0 heterocycles. The maximum absolute atomic E-state index is 11.8. The van der Waals surface area contributed by atoms with Crippen LogP contribution in [0.4, 0.5) is 0 Å². The van der Waals surface area contributed by atoms with E-state index in [-0.39, 0.29) is 17.2 Å². The Morgan fingerprint density at radius 2 is 1.84 bits per heavy atom. The SMILES string of the molecule is CCC(C)c1cc(C(=O)NN)c(O)c(C(C)CC)c1. The van der Waals surface area contributed by atoms with Gasteiger partial charge >= 0.3 is 0 Å². The quantitative estimate of drug-likeness (QED) is 0.434. The van der Waals surface area contributed by atoms with Gasteiger partial charge in [0, 0.05) is 0 Å². The van der Waals surface area contributed by atoms with E-state index >= 15 is 0 Å². The second-order valence-electron chi connectivity index (χ2n) is 5.10. The summed E-state index contributed by atoms with van der Waals surface area (Å²) >= 11 is 0. The fourth-order valence-electron chi connectivity index (χ4n) is 2.05. The summed E-state index contributed by atoms with van der Waals surface area (Å²) in [4.78, 5) is 11.8. The van der Waals surface area contributed by atoms with Gasteiger partial charge < -0.3 is 5.11 Å². The van der Waals surface area contributed by atoms with Crippen molar-refractivity contribution in [3.63, 3.8) is 0 Å². The Kier molecular flexibility index (Phi) is 5.36. The molecule has 4 nitrogen and oxygen atoms in total. The Morgan fingerprint density at radius 3 is 2.32 bits per heavy atom. The van der Waals surface area contributed by atoms with Crippen molar-refractivity contribution in [1.82, 2.24) is 5.43 Å². The van der Waals surface area contributed by atoms with Crippen LogP contribution in [-0.2, 0) is 0 Å². The second-order valence-corrected chi connectivity index (χ2v) is 5.10. The van der Waals surface area contributed by atoms with Crippen LogP contribution in [0.1, 0.15) is 73.9 Å². The van der Waals surface area contributed by atoms with Gasteiger partial charge in [0.15, 0.2) is 0 Å². The molecule has 0 spiro atoms. The van der Waals surface area contributed by atoms with Crippen molar-refractivity contribution in [3.05, 3.63) is 28.8 Å². The minimum absolute atomic E-state index is 0.0457. The molecule has 1 amide bonds. The summed E-state index contributed by atoms with van der Waals surface area (Å²) < 4.78 is 0. The maximum atomic E-state index is 11.8. The number of phenols is 1. The molecule has 0 saturated carbocycles. The molecule has 0 saturated heterocycles. The fraction of sp³-hybridized carbons (Fsp3) is 0.533. The summed E-state index contributed by atoms with van der Waals surface area (Å²) in [6.45, 7) is 8.31. The molecule has 1 aromatic rings. The zero-order chi connectivity index (χ0) is 14.6. The summed E-state index contributed by atoms with van der Waals surface area (Å²) in [5.41, 5.74) is 4.23. The largest absolute Gasteiger partial charge is 0.507 e. The third-order valence-electron chi connectivity index (χ3n) is 3.86. The number of benzene rings is 1. The van der Waals surface area contributed by atoms with Gasteiger partial charge in [-0.3, -0.25) is 10.2 Å². The maximum Gasteiger partial charge on any atom is 0.268 e. The summed E-state index contributed by atoms with van der Waals surface area (Å²) in [6.07, 6.45) is 1.88. The van der Waals surface area contributed by atoms with Gasteiger partial charge in [0.05, 0.1) is 5.56 Å². The molecule has 2 atom stereocenters. The average molecular weight is 264 g/mol. The van der Waals surface area contributed by atoms with E-state index in [2.05, 4.69) is 26.2 Å². The van der Waals surface area contributed by atoms with Gasteiger partial charge in [-0.15, -0.1) is 0 Å². The van der Waals surface area contributed by atoms with Crippen LogP contribution >= 0.6 is 0 Å². The lowest BCUT2D eigenvalue weighted by atomic mass is 9.88. The number of amides is 1. The standard InChI is InChI=1S/C15H24N2O2/c1-5-9(3)11-7-12(10(4)6-2)14(18)13(8-11)15(19)17-16/h7-10,18H,5-6,16H2,1-4H3,(H,17,19). The van der Waals surface area contributed by atoms with Crippen LogP contribution in [-0.4, -0.2) is 11.0 Å². The number of aromatic hydroxyl groups is 1. The molecule has 0 aliphatic heterocycles. The van der Waals surface area contributed by atoms with Crippen molar-refractivity contribution in [2.75, 3.05) is 0 Å². The molecule has 0 fully saturated rings. The smallest absolute Gasteiger partial charge is 0.268 e. The molecule has 4 N–H and O–H groups in total. The zero-order valence-electron chi connectivity index (χ0n) is 12.2. The first-order valence-corrected chi connectivity index (χ1v) is 6.83. The lowest BCUT2D eigenvalue weighted by Crippen LogP contribution is -2.30. The lowest BCUT2D eigenvalue weighted by molar-refractivity contribution is 0.0950. The van der Waals surface area contributed by atoms with E-state index in [1.807, 2.05) is 13.0 Å². The van der Waals surface area contributed by atoms with E-state index in [9.17, 15) is 9.90 Å². The third-order valence-corrected chi connectivity index (χ3v) is 3.86. The van der Waals surface area contributed by atoms with Crippen LogP contribution in [0, 0.1) is 0 Å². The molecule has 1 rings (SSSR count). The molecule has 1 aromatic carbocycles. The molecule has 19 heavy (non-hydrogen) atoms. The Bertz CT molecular complexity index is 458. The van der Waals surface area contributed by atoms with Gasteiger partial charge in [0.25, 0.3) is 5.91 Å². The Morgan fingerprint density at radius 1 is 1.26 bits per heavy atom. The number of carbonyl (C=O) groups excluding carboxylic acids is 1. The molecular weight excluding hydrogens is 240 g/mol. The number of nitrogens with two attached hydrogens (primary N) is 1. The van der Waals surface area contributed by atoms with E-state index in [0.717, 1.165) is 24.0 Å². The predicted octanol–water partition coefficient (Wildman–Crippen LogP) is 3.02. The predicted molar refractivity (Wildman–Crippen MR) is 77.2 cm³/mol. The van der Waals surface area contributed by atoms with Gasteiger partial charge in [-0.2, -0.15) is 0 Å². The normalized spacial score (nSPS) is 13.9. The number of rotatable bonds is 5. The Hall–Kier alpha value is -1.55. The highest BCUT2D eigenvalue weighted by Crippen LogP contribution is 2.35. The number of phenolic OH excluding ortho intramolecular Hbond substituents is 1. The fourth-order valence-corrected chi connectivity index (χ4v) is 2.05. The molecule has 0 aliphatic rings. The minimum Gasteiger partial charge on any atom is -0.507 e. The summed E-state index contributed by atoms with van der Waals surface area (Å²) in [5, 5.41) is 10.3. The first kappa shape index (κ1) is 15.5. The van der Waals surface area contributed by atoms with E-state index in [4.69, 9.17) is 5.84 Å². The minimum atomic E-state index is -0.452. The van der Waals surface area contributed by atoms with Gasteiger partial charge in [-0.25, -0.2) is 5.84 Å². The molecular formula is C15H24N2O2. The Labute approximate surface area is 115 Å². The summed E-state index contributed by atoms with van der Waals surface area (Å²) in [7, 11) is 0. The first-order valence-electron chi connectivity index (χ1n) is 6.83. The van der Waals surface area contributed by atoms with E-state index in [1.54, 1.807) is 6.07 Å². The highest BCUT2D eigenvalue weighted by molar-refractivity contribution is 5.97. The van der Waals surface area contributed by atoms with Crippen LogP contribution in [0.2, 0.25) is 0 Å². The molecule has 0 bridgehead atoms. The molecule has 4 heteroatoms. The Balaban J connectivity index is 3.42. The lowest BCUT2D eigenvalue weighted by Gasteiger charge is -2.18. The van der Waals surface area contributed by atoms with Crippen molar-refractivity contribution < 1.29 is 9.90 Å². The first-order chi connectivity index (χ1) is 8.96. The molecule has 2 unspecified atom stereocenters. The van der Waals surface area contributed by atoms with E-state index in [1.165, 1.54) is 0 Å². The molecule has 0 aliphatic carbocycles. The van der Waals surface area contributed by atoms with Crippen LogP contribution < -0.4 is 11.3 Å². The molecule has 0 radical (unpaired) electrons. The van der Waals surface area contributed by atoms with Crippen molar-refractivity contribution in [2.24, 2.45) is 5.84 Å². The summed E-state index contributed by atoms with van der Waals surface area (Å²) in [5.74, 6) is 5.32. The van der Waals surface area contributed by atoms with Crippen LogP contribution in [0.25, 0.3) is 0 Å². The van der Waals surface area contributed by atoms with Gasteiger partial charge in [0.2, 0.25) is 0 Å². The van der Waals surface area contributed by atoms with Crippen molar-refractivity contribution >= 4 is 5.91 Å². The van der Waals surface area contributed by atoms with Crippen molar-refractivity contribution in [1.29, 1.82) is 0 Å². The van der Waals surface area contributed by atoms with Gasteiger partial charge in [-0.05, 0) is 41.9 Å². The average Bonchev–Trinajstić information content (AvgIpc) is 2.44.